The topological polar surface area (TPSA) is 101 Å². The first-order valence-corrected chi connectivity index (χ1v) is 3.31. The fourth-order valence-electron chi connectivity index (χ4n) is 0.982. The van der Waals surface area contributed by atoms with Gasteiger partial charge in [0, 0.05) is 14.1 Å². The van der Waals surface area contributed by atoms with Gasteiger partial charge in [-0.3, -0.25) is 10.3 Å². The molecule has 7 heteroatoms. The van der Waals surface area contributed by atoms with Crippen LogP contribution in [0, 0.1) is 5.21 Å². The van der Waals surface area contributed by atoms with Crippen LogP contribution in [-0.2, 0) is 0 Å². The third-order valence-corrected chi connectivity index (χ3v) is 1.58. The maximum absolute atomic E-state index is 11.3. The molecule has 0 bridgehead atoms. The van der Waals surface area contributed by atoms with Gasteiger partial charge in [-0.1, -0.05) is 0 Å². The monoisotopic (exact) mass is 173 g/mol. The van der Waals surface area contributed by atoms with Gasteiger partial charge in [0.2, 0.25) is 5.82 Å². The number of quaternary nitrogens is 1. The Hall–Kier alpha value is -1.31. The molecule has 0 fully saturated rings. The molecule has 5 N–H and O–H groups in total. The average Bonchev–Trinajstić information content (AvgIpc) is 2.25. The molecule has 0 saturated heterocycles. The van der Waals surface area contributed by atoms with Crippen molar-refractivity contribution < 1.29 is 10.3 Å². The minimum atomic E-state index is -0.403. The number of aliphatic imine (C=N–C) groups is 1. The van der Waals surface area contributed by atoms with Gasteiger partial charge in [-0.2, -0.15) is 0 Å². The predicted octanol–water partition coefficient (Wildman–Crippen LogP) is -2.64. The molecule has 0 aromatic carbocycles. The molecule has 1 aliphatic rings. The highest BCUT2D eigenvalue weighted by Crippen LogP contribution is 2.00. The Labute approximate surface area is 69.3 Å². The van der Waals surface area contributed by atoms with E-state index in [9.17, 15) is 10.4 Å². The molecule has 0 aromatic heterocycles. The molecule has 0 radical (unpaired) electrons. The summed E-state index contributed by atoms with van der Waals surface area (Å²) in [5.41, 5.74) is 5.38. The molecular weight excluding hydrogens is 162 g/mol. The van der Waals surface area contributed by atoms with Crippen molar-refractivity contribution in [3.05, 3.63) is 16.8 Å². The highest BCUT2D eigenvalue weighted by Gasteiger charge is 2.33. The average molecular weight is 173 g/mol. The SMILES string of the molecule is CN=C1N(O)C(N)=C(NC)[NH+]1[O-]. The molecule has 1 aliphatic heterocycles. The van der Waals surface area contributed by atoms with E-state index in [1.807, 2.05) is 0 Å². The van der Waals surface area contributed by atoms with Crippen LogP contribution in [0.1, 0.15) is 0 Å². The zero-order valence-corrected chi connectivity index (χ0v) is 6.83. The molecule has 0 aliphatic carbocycles. The van der Waals surface area contributed by atoms with E-state index in [2.05, 4.69) is 10.3 Å². The summed E-state index contributed by atoms with van der Waals surface area (Å²) in [4.78, 5) is 3.58. The van der Waals surface area contributed by atoms with Gasteiger partial charge in [0.1, 0.15) is 0 Å². The largest absolute Gasteiger partial charge is 0.620 e. The maximum Gasteiger partial charge on any atom is 0.335 e. The number of rotatable bonds is 1. The number of hydrogen-bond donors (Lipinski definition) is 4. The van der Waals surface area contributed by atoms with Crippen molar-refractivity contribution in [2.24, 2.45) is 10.7 Å². The summed E-state index contributed by atoms with van der Waals surface area (Å²) >= 11 is 0. The summed E-state index contributed by atoms with van der Waals surface area (Å²) in [5.74, 6) is 0.0676. The van der Waals surface area contributed by atoms with Crippen molar-refractivity contribution in [3.63, 3.8) is 0 Å². The highest BCUT2D eigenvalue weighted by molar-refractivity contribution is 5.74. The second-order valence-corrected chi connectivity index (χ2v) is 2.20. The van der Waals surface area contributed by atoms with Crippen LogP contribution >= 0.6 is 0 Å². The summed E-state index contributed by atoms with van der Waals surface area (Å²) in [6.45, 7) is 0. The van der Waals surface area contributed by atoms with Crippen LogP contribution in [0.4, 0.5) is 0 Å². The van der Waals surface area contributed by atoms with Gasteiger partial charge in [-0.25, -0.2) is 4.99 Å². The van der Waals surface area contributed by atoms with E-state index in [4.69, 9.17) is 5.73 Å². The molecule has 1 heterocycles. The Balaban J connectivity index is 3.02. The van der Waals surface area contributed by atoms with Crippen molar-refractivity contribution in [2.45, 2.75) is 0 Å². The van der Waals surface area contributed by atoms with Crippen molar-refractivity contribution in [1.82, 2.24) is 10.4 Å². The fraction of sp³-hybridized carbons (Fsp3) is 0.400. The van der Waals surface area contributed by atoms with Gasteiger partial charge in [-0.05, 0) is 0 Å². The van der Waals surface area contributed by atoms with E-state index in [0.29, 0.717) is 5.06 Å². The summed E-state index contributed by atoms with van der Waals surface area (Å²) in [6, 6.07) is 0. The van der Waals surface area contributed by atoms with E-state index in [1.165, 1.54) is 7.05 Å². The van der Waals surface area contributed by atoms with Crippen LogP contribution in [0.15, 0.2) is 16.6 Å². The van der Waals surface area contributed by atoms with E-state index in [-0.39, 0.29) is 17.6 Å². The van der Waals surface area contributed by atoms with Crippen molar-refractivity contribution in [2.75, 3.05) is 14.1 Å². The fourth-order valence-corrected chi connectivity index (χ4v) is 0.982. The van der Waals surface area contributed by atoms with E-state index in [0.717, 1.165) is 0 Å². The van der Waals surface area contributed by atoms with Gasteiger partial charge < -0.3 is 16.3 Å². The van der Waals surface area contributed by atoms with Gasteiger partial charge in [0.25, 0.3) is 5.82 Å². The van der Waals surface area contributed by atoms with Crippen LogP contribution in [0.3, 0.4) is 0 Å². The van der Waals surface area contributed by atoms with E-state index < -0.39 is 5.06 Å². The number of nitrogens with zero attached hydrogens (tertiary/aromatic N) is 2. The summed E-state index contributed by atoms with van der Waals surface area (Å²) in [7, 11) is 2.95. The van der Waals surface area contributed by atoms with Crippen LogP contribution in [0.25, 0.3) is 0 Å². The van der Waals surface area contributed by atoms with E-state index >= 15 is 0 Å². The zero-order valence-electron chi connectivity index (χ0n) is 6.83. The number of nitrogens with one attached hydrogen (secondary N) is 2. The van der Waals surface area contributed by atoms with Crippen molar-refractivity contribution in [3.8, 4) is 0 Å². The third-order valence-electron chi connectivity index (χ3n) is 1.58. The minimum absolute atomic E-state index is 0.0249. The van der Waals surface area contributed by atoms with Crippen molar-refractivity contribution in [1.29, 1.82) is 0 Å². The first kappa shape index (κ1) is 8.78. The number of nitrogens with two attached hydrogens (primary N) is 1. The third kappa shape index (κ3) is 0.998. The molecule has 68 valence electrons. The normalized spacial score (nSPS) is 27.2. The second kappa shape index (κ2) is 2.97. The Kier molecular flexibility index (Phi) is 2.18. The molecule has 1 atom stereocenters. The Morgan fingerprint density at radius 1 is 1.75 bits per heavy atom. The molecule has 0 saturated carbocycles. The van der Waals surface area contributed by atoms with Gasteiger partial charge in [0.15, 0.2) is 0 Å². The van der Waals surface area contributed by atoms with Crippen molar-refractivity contribution >= 4 is 5.96 Å². The van der Waals surface area contributed by atoms with Crippen LogP contribution in [0.5, 0.6) is 0 Å². The summed E-state index contributed by atoms with van der Waals surface area (Å²) < 4.78 is 0. The molecule has 1 unspecified atom stereocenters. The molecule has 0 amide bonds. The molecule has 1 rings (SSSR count). The number of guanidine groups is 1. The lowest BCUT2D eigenvalue weighted by molar-refractivity contribution is -0.707. The highest BCUT2D eigenvalue weighted by atomic mass is 16.6. The maximum atomic E-state index is 11.3. The lowest BCUT2D eigenvalue weighted by Crippen LogP contribution is -3.09. The summed E-state index contributed by atoms with van der Waals surface area (Å²) in [6.07, 6.45) is 0. The zero-order chi connectivity index (χ0) is 9.30. The molecule has 12 heavy (non-hydrogen) atoms. The standard InChI is InChI=1S/C5H11N5O2/c1-7-4-3(6)9(11)5(8-2)10(4)12/h7,10-11H,6H2,1-2H3. The van der Waals surface area contributed by atoms with Crippen LogP contribution in [-0.4, -0.2) is 30.3 Å². The first-order chi connectivity index (χ1) is 5.63. The van der Waals surface area contributed by atoms with Crippen LogP contribution < -0.4 is 16.1 Å². The van der Waals surface area contributed by atoms with Gasteiger partial charge in [0.05, 0.1) is 0 Å². The Morgan fingerprint density at radius 2 is 2.33 bits per heavy atom. The van der Waals surface area contributed by atoms with E-state index in [1.54, 1.807) is 7.05 Å². The lowest BCUT2D eigenvalue weighted by atomic mass is 10.6. The lowest BCUT2D eigenvalue weighted by Gasteiger charge is -2.16. The number of hydroxylamine groups is 4. The Morgan fingerprint density at radius 3 is 2.58 bits per heavy atom. The molecule has 7 nitrogen and oxygen atoms in total. The molecule has 0 spiro atoms. The molecular formula is C5H11N5O2. The second-order valence-electron chi connectivity index (χ2n) is 2.20. The Bertz CT molecular complexity index is 248. The first-order valence-electron chi connectivity index (χ1n) is 3.31. The van der Waals surface area contributed by atoms with Gasteiger partial charge in [-0.15, -0.1) is 5.06 Å². The predicted molar refractivity (Wildman–Crippen MR) is 41.6 cm³/mol. The quantitative estimate of drug-likeness (QED) is 0.325. The smallest absolute Gasteiger partial charge is 0.335 e. The van der Waals surface area contributed by atoms with Crippen LogP contribution in [0.2, 0.25) is 0 Å². The summed E-state index contributed by atoms with van der Waals surface area (Å²) in [5, 5.41) is 23.2. The number of hydrogen-bond acceptors (Lipinski definition) is 5. The molecule has 0 aromatic rings. The van der Waals surface area contributed by atoms with Gasteiger partial charge >= 0.3 is 5.96 Å². The minimum Gasteiger partial charge on any atom is -0.620 e.